The van der Waals surface area contributed by atoms with Crippen LogP contribution in [0.25, 0.3) is 0 Å². The molecule has 4 heteroatoms. The van der Waals surface area contributed by atoms with E-state index in [1.807, 2.05) is 14.1 Å². The molecule has 1 unspecified atom stereocenters. The molecular weight excluding hydrogens is 286 g/mol. The van der Waals surface area contributed by atoms with E-state index in [2.05, 4.69) is 18.7 Å². The number of nitrogens with zero attached hydrogens (tertiary/aromatic N) is 2. The molecule has 0 aromatic rings. The SMILES string of the molecule is CCCCCCCC(CCC)N1CC[C@@H](N)[C@H](C(=O)N(C)C)C1. The average molecular weight is 326 g/mol. The fourth-order valence-electron chi connectivity index (χ4n) is 3.75. The van der Waals surface area contributed by atoms with E-state index in [0.717, 1.165) is 19.5 Å². The average Bonchev–Trinajstić information content (AvgIpc) is 2.53. The number of piperidine rings is 1. The molecule has 2 N–H and O–H groups in total. The van der Waals surface area contributed by atoms with Crippen LogP contribution in [0, 0.1) is 5.92 Å². The molecule has 136 valence electrons. The van der Waals surface area contributed by atoms with Gasteiger partial charge in [0.05, 0.1) is 5.92 Å². The molecule has 0 spiro atoms. The van der Waals surface area contributed by atoms with Crippen LogP contribution in [0.3, 0.4) is 0 Å². The van der Waals surface area contributed by atoms with Crippen LogP contribution in [0.4, 0.5) is 0 Å². The van der Waals surface area contributed by atoms with Crippen molar-refractivity contribution in [3.05, 3.63) is 0 Å². The van der Waals surface area contributed by atoms with E-state index >= 15 is 0 Å². The fourth-order valence-corrected chi connectivity index (χ4v) is 3.75. The van der Waals surface area contributed by atoms with Crippen molar-refractivity contribution in [2.45, 2.75) is 83.7 Å². The molecule has 4 nitrogen and oxygen atoms in total. The van der Waals surface area contributed by atoms with E-state index in [9.17, 15) is 4.79 Å². The van der Waals surface area contributed by atoms with Crippen LogP contribution in [0.15, 0.2) is 0 Å². The molecule has 0 aliphatic carbocycles. The van der Waals surface area contributed by atoms with Gasteiger partial charge >= 0.3 is 0 Å². The second-order valence-electron chi connectivity index (χ2n) is 7.43. The summed E-state index contributed by atoms with van der Waals surface area (Å²) < 4.78 is 0. The summed E-state index contributed by atoms with van der Waals surface area (Å²) in [6.45, 7) is 6.43. The number of hydrogen-bond donors (Lipinski definition) is 1. The molecule has 3 atom stereocenters. The van der Waals surface area contributed by atoms with Gasteiger partial charge in [0.25, 0.3) is 0 Å². The van der Waals surface area contributed by atoms with Crippen molar-refractivity contribution in [2.24, 2.45) is 11.7 Å². The molecule has 1 aliphatic rings. The number of amides is 1. The minimum Gasteiger partial charge on any atom is -0.348 e. The molecule has 23 heavy (non-hydrogen) atoms. The van der Waals surface area contributed by atoms with Gasteiger partial charge in [-0.1, -0.05) is 52.4 Å². The Labute approximate surface area is 143 Å². The Morgan fingerprint density at radius 1 is 1.13 bits per heavy atom. The van der Waals surface area contributed by atoms with Crippen LogP contribution < -0.4 is 5.73 Å². The molecule has 0 bridgehead atoms. The van der Waals surface area contributed by atoms with Crippen molar-refractivity contribution in [3.8, 4) is 0 Å². The number of unbranched alkanes of at least 4 members (excludes halogenated alkanes) is 4. The summed E-state index contributed by atoms with van der Waals surface area (Å²) in [6, 6.07) is 0.652. The molecule has 1 fully saturated rings. The van der Waals surface area contributed by atoms with E-state index in [-0.39, 0.29) is 17.9 Å². The zero-order valence-corrected chi connectivity index (χ0v) is 15.9. The molecule has 1 aliphatic heterocycles. The summed E-state index contributed by atoms with van der Waals surface area (Å²) in [5.74, 6) is 0.165. The lowest BCUT2D eigenvalue weighted by Gasteiger charge is -2.41. The highest BCUT2D eigenvalue weighted by Gasteiger charge is 2.35. The van der Waals surface area contributed by atoms with Crippen LogP contribution in [-0.4, -0.2) is 55.0 Å². The number of nitrogens with two attached hydrogens (primary N) is 1. The van der Waals surface area contributed by atoms with Crippen LogP contribution in [-0.2, 0) is 4.79 Å². The Balaban J connectivity index is 2.55. The van der Waals surface area contributed by atoms with E-state index < -0.39 is 0 Å². The van der Waals surface area contributed by atoms with Crippen molar-refractivity contribution in [2.75, 3.05) is 27.2 Å². The summed E-state index contributed by atoms with van der Waals surface area (Å²) in [4.78, 5) is 16.6. The normalized spacial score (nSPS) is 23.7. The molecule has 0 saturated carbocycles. The van der Waals surface area contributed by atoms with Gasteiger partial charge in [-0.15, -0.1) is 0 Å². The Morgan fingerprint density at radius 2 is 1.83 bits per heavy atom. The molecule has 1 rings (SSSR count). The lowest BCUT2D eigenvalue weighted by atomic mass is 9.89. The van der Waals surface area contributed by atoms with Crippen molar-refractivity contribution >= 4 is 5.91 Å². The van der Waals surface area contributed by atoms with Gasteiger partial charge in [-0.05, 0) is 25.8 Å². The number of hydrogen-bond acceptors (Lipinski definition) is 3. The highest BCUT2D eigenvalue weighted by Crippen LogP contribution is 2.24. The first kappa shape index (κ1) is 20.4. The van der Waals surface area contributed by atoms with E-state index in [4.69, 9.17) is 5.73 Å². The van der Waals surface area contributed by atoms with Gasteiger partial charge in [-0.25, -0.2) is 0 Å². The van der Waals surface area contributed by atoms with Crippen molar-refractivity contribution < 1.29 is 4.79 Å². The minimum atomic E-state index is -0.0294. The van der Waals surface area contributed by atoms with Gasteiger partial charge in [0.1, 0.15) is 0 Å². The smallest absolute Gasteiger partial charge is 0.228 e. The maximum absolute atomic E-state index is 12.4. The molecule has 1 heterocycles. The van der Waals surface area contributed by atoms with E-state index in [1.165, 1.54) is 51.4 Å². The van der Waals surface area contributed by atoms with Gasteiger partial charge < -0.3 is 10.6 Å². The van der Waals surface area contributed by atoms with Crippen LogP contribution in [0.1, 0.15) is 71.6 Å². The third kappa shape index (κ3) is 6.80. The minimum absolute atomic E-state index is 0.0213. The summed E-state index contributed by atoms with van der Waals surface area (Å²) in [5, 5.41) is 0. The van der Waals surface area contributed by atoms with Gasteiger partial charge in [-0.2, -0.15) is 0 Å². The van der Waals surface area contributed by atoms with Crippen molar-refractivity contribution in [1.82, 2.24) is 9.80 Å². The molecule has 0 aromatic carbocycles. The Hall–Kier alpha value is -0.610. The molecule has 1 amide bonds. The highest BCUT2D eigenvalue weighted by atomic mass is 16.2. The van der Waals surface area contributed by atoms with Crippen LogP contribution in [0.2, 0.25) is 0 Å². The highest BCUT2D eigenvalue weighted by molar-refractivity contribution is 5.79. The number of carbonyl (C=O) groups is 1. The zero-order chi connectivity index (χ0) is 17.2. The topological polar surface area (TPSA) is 49.6 Å². The van der Waals surface area contributed by atoms with Crippen LogP contribution in [0.5, 0.6) is 0 Å². The third-order valence-corrected chi connectivity index (χ3v) is 5.23. The molecule has 0 aromatic heterocycles. The van der Waals surface area contributed by atoms with Gasteiger partial charge in [0, 0.05) is 32.7 Å². The maximum Gasteiger partial charge on any atom is 0.228 e. The fraction of sp³-hybridized carbons (Fsp3) is 0.947. The molecular formula is C19H39N3O. The van der Waals surface area contributed by atoms with Gasteiger partial charge in [0.15, 0.2) is 0 Å². The predicted molar refractivity (Wildman–Crippen MR) is 98.4 cm³/mol. The number of carbonyl (C=O) groups excluding carboxylic acids is 1. The number of rotatable bonds is 10. The monoisotopic (exact) mass is 325 g/mol. The van der Waals surface area contributed by atoms with E-state index in [1.54, 1.807) is 4.90 Å². The van der Waals surface area contributed by atoms with E-state index in [0.29, 0.717) is 6.04 Å². The summed E-state index contributed by atoms with van der Waals surface area (Å²) in [6.07, 6.45) is 11.4. The first-order valence-corrected chi connectivity index (χ1v) is 9.72. The molecule has 1 saturated heterocycles. The van der Waals surface area contributed by atoms with Gasteiger partial charge in [-0.3, -0.25) is 9.69 Å². The second kappa shape index (κ2) is 11.0. The lowest BCUT2D eigenvalue weighted by molar-refractivity contribution is -0.135. The standard InChI is InChI=1S/C19H39N3O/c1-5-7-8-9-10-12-16(11-6-2)22-14-13-18(20)17(15-22)19(23)21(3)4/h16-18H,5-15,20H2,1-4H3/t16?,17-,18-/m1/s1. The van der Waals surface area contributed by atoms with Crippen molar-refractivity contribution in [3.63, 3.8) is 0 Å². The maximum atomic E-state index is 12.4. The Morgan fingerprint density at radius 3 is 2.43 bits per heavy atom. The first-order chi connectivity index (χ1) is 11.0. The Bertz CT molecular complexity index is 333. The quantitative estimate of drug-likeness (QED) is 0.627. The number of likely N-dealkylation sites (tertiary alicyclic amines) is 1. The summed E-state index contributed by atoms with van der Waals surface area (Å²) in [5.41, 5.74) is 6.23. The Kier molecular flexibility index (Phi) is 9.80. The summed E-state index contributed by atoms with van der Waals surface area (Å²) in [7, 11) is 3.68. The first-order valence-electron chi connectivity index (χ1n) is 9.72. The molecule has 0 radical (unpaired) electrons. The van der Waals surface area contributed by atoms with Crippen molar-refractivity contribution in [1.29, 1.82) is 0 Å². The predicted octanol–water partition coefficient (Wildman–Crippen LogP) is 3.25. The van der Waals surface area contributed by atoms with Crippen LogP contribution >= 0.6 is 0 Å². The zero-order valence-electron chi connectivity index (χ0n) is 15.9. The second-order valence-corrected chi connectivity index (χ2v) is 7.43. The summed E-state index contributed by atoms with van der Waals surface area (Å²) >= 11 is 0. The lowest BCUT2D eigenvalue weighted by Crippen LogP contribution is -2.55. The third-order valence-electron chi connectivity index (χ3n) is 5.23. The largest absolute Gasteiger partial charge is 0.348 e. The van der Waals surface area contributed by atoms with Gasteiger partial charge in [0.2, 0.25) is 5.91 Å².